The fourth-order valence-electron chi connectivity index (χ4n) is 1.66. The van der Waals surface area contributed by atoms with E-state index in [1.54, 1.807) is 0 Å². The molecule has 0 spiro atoms. The lowest BCUT2D eigenvalue weighted by Gasteiger charge is -2.07. The van der Waals surface area contributed by atoms with Crippen molar-refractivity contribution in [3.8, 4) is 0 Å². The number of primary amides is 1. The minimum atomic E-state index is -0.665. The van der Waals surface area contributed by atoms with Crippen molar-refractivity contribution in [1.82, 2.24) is 10.6 Å². The lowest BCUT2D eigenvalue weighted by atomic mass is 10.1. The summed E-state index contributed by atoms with van der Waals surface area (Å²) in [6.45, 7) is 0.372. The molecule has 6 heteroatoms. The molecular formula is C13H16FN3O2. The summed E-state index contributed by atoms with van der Waals surface area (Å²) in [7, 11) is 0. The van der Waals surface area contributed by atoms with Crippen molar-refractivity contribution in [1.29, 1.82) is 0 Å². The highest BCUT2D eigenvalue weighted by Crippen LogP contribution is 2.18. The highest BCUT2D eigenvalue weighted by Gasteiger charge is 2.22. The molecule has 0 atom stereocenters. The Bertz CT molecular complexity index is 501. The maximum absolute atomic E-state index is 13.6. The minimum absolute atomic E-state index is 0.0864. The summed E-state index contributed by atoms with van der Waals surface area (Å²) in [6.07, 6.45) is 2.07. The smallest absolute Gasteiger partial charge is 0.248 e. The summed E-state index contributed by atoms with van der Waals surface area (Å²) >= 11 is 0. The number of benzene rings is 1. The Morgan fingerprint density at radius 1 is 1.37 bits per heavy atom. The molecule has 0 heterocycles. The summed E-state index contributed by atoms with van der Waals surface area (Å²) < 4.78 is 13.6. The van der Waals surface area contributed by atoms with Crippen LogP contribution in [0.3, 0.4) is 0 Å². The summed E-state index contributed by atoms with van der Waals surface area (Å²) in [5.74, 6) is -1.26. The molecule has 1 saturated carbocycles. The Hall–Kier alpha value is -1.95. The van der Waals surface area contributed by atoms with Crippen LogP contribution in [0.1, 0.15) is 28.8 Å². The second-order valence-corrected chi connectivity index (χ2v) is 4.62. The topological polar surface area (TPSA) is 84.2 Å². The highest BCUT2D eigenvalue weighted by molar-refractivity contribution is 5.92. The van der Waals surface area contributed by atoms with Gasteiger partial charge in [0.25, 0.3) is 0 Å². The van der Waals surface area contributed by atoms with Gasteiger partial charge >= 0.3 is 0 Å². The van der Waals surface area contributed by atoms with Crippen LogP contribution in [0.5, 0.6) is 0 Å². The largest absolute Gasteiger partial charge is 0.366 e. The van der Waals surface area contributed by atoms with Gasteiger partial charge in [-0.3, -0.25) is 9.59 Å². The van der Waals surface area contributed by atoms with E-state index in [4.69, 9.17) is 5.73 Å². The van der Waals surface area contributed by atoms with Gasteiger partial charge in [0, 0.05) is 23.7 Å². The number of hydrogen-bond acceptors (Lipinski definition) is 3. The first kappa shape index (κ1) is 13.5. The predicted molar refractivity (Wildman–Crippen MR) is 67.8 cm³/mol. The van der Waals surface area contributed by atoms with Crippen molar-refractivity contribution in [2.45, 2.75) is 25.4 Å². The molecule has 1 aliphatic rings. The van der Waals surface area contributed by atoms with Crippen molar-refractivity contribution in [3.63, 3.8) is 0 Å². The van der Waals surface area contributed by atoms with Gasteiger partial charge in [-0.1, -0.05) is 6.07 Å². The van der Waals surface area contributed by atoms with Crippen LogP contribution in [-0.4, -0.2) is 24.4 Å². The number of hydrogen-bond donors (Lipinski definition) is 3. The van der Waals surface area contributed by atoms with Crippen LogP contribution in [-0.2, 0) is 11.3 Å². The van der Waals surface area contributed by atoms with E-state index in [9.17, 15) is 14.0 Å². The molecule has 0 bridgehead atoms. The molecule has 0 aromatic heterocycles. The minimum Gasteiger partial charge on any atom is -0.366 e. The number of rotatable bonds is 6. The third-order valence-electron chi connectivity index (χ3n) is 2.88. The molecule has 2 amide bonds. The number of amides is 2. The Morgan fingerprint density at radius 3 is 2.68 bits per heavy atom. The molecule has 5 nitrogen and oxygen atoms in total. The molecule has 0 radical (unpaired) electrons. The average Bonchev–Trinajstić information content (AvgIpc) is 3.14. The maximum atomic E-state index is 13.6. The quantitative estimate of drug-likeness (QED) is 0.691. The van der Waals surface area contributed by atoms with Gasteiger partial charge in [-0.2, -0.15) is 0 Å². The van der Waals surface area contributed by atoms with E-state index in [0.717, 1.165) is 18.9 Å². The molecule has 102 valence electrons. The van der Waals surface area contributed by atoms with E-state index < -0.39 is 11.7 Å². The lowest BCUT2D eigenvalue weighted by molar-refractivity contribution is -0.120. The number of halogens is 1. The monoisotopic (exact) mass is 265 g/mol. The molecule has 0 saturated heterocycles. The molecule has 1 aromatic rings. The number of nitrogens with two attached hydrogens (primary N) is 1. The maximum Gasteiger partial charge on any atom is 0.248 e. The van der Waals surface area contributed by atoms with Crippen LogP contribution >= 0.6 is 0 Å². The van der Waals surface area contributed by atoms with E-state index in [-0.39, 0.29) is 24.6 Å². The van der Waals surface area contributed by atoms with Gasteiger partial charge in [0.1, 0.15) is 5.82 Å². The van der Waals surface area contributed by atoms with Gasteiger partial charge in [-0.15, -0.1) is 0 Å². The third kappa shape index (κ3) is 4.03. The lowest BCUT2D eigenvalue weighted by Crippen LogP contribution is -2.34. The Kier molecular flexibility index (Phi) is 4.11. The second-order valence-electron chi connectivity index (χ2n) is 4.62. The first-order chi connectivity index (χ1) is 9.06. The van der Waals surface area contributed by atoms with E-state index in [2.05, 4.69) is 10.6 Å². The number of carbonyl (C=O) groups is 2. The van der Waals surface area contributed by atoms with Gasteiger partial charge in [0.15, 0.2) is 0 Å². The SMILES string of the molecule is NC(=O)c1ccc(CNCC(=O)NC2CC2)c(F)c1. The number of carbonyl (C=O) groups excluding carboxylic acids is 2. The van der Waals surface area contributed by atoms with Gasteiger partial charge in [-0.05, 0) is 25.0 Å². The van der Waals surface area contributed by atoms with Crippen LogP contribution in [0, 0.1) is 5.82 Å². The van der Waals surface area contributed by atoms with Gasteiger partial charge in [-0.25, -0.2) is 4.39 Å². The zero-order valence-electron chi connectivity index (χ0n) is 10.4. The first-order valence-corrected chi connectivity index (χ1v) is 6.14. The second kappa shape index (κ2) is 5.79. The fraction of sp³-hybridized carbons (Fsp3) is 0.385. The summed E-state index contributed by atoms with van der Waals surface area (Å²) in [6, 6.07) is 4.37. The first-order valence-electron chi connectivity index (χ1n) is 6.14. The summed E-state index contributed by atoms with van der Waals surface area (Å²) in [5, 5.41) is 5.68. The van der Waals surface area contributed by atoms with Crippen LogP contribution in [0.15, 0.2) is 18.2 Å². The van der Waals surface area contributed by atoms with Crippen LogP contribution in [0.25, 0.3) is 0 Å². The summed E-state index contributed by atoms with van der Waals surface area (Å²) in [4.78, 5) is 22.2. The Morgan fingerprint density at radius 2 is 2.11 bits per heavy atom. The number of nitrogens with one attached hydrogen (secondary N) is 2. The standard InChI is InChI=1S/C13H16FN3O2/c14-11-5-8(13(15)19)1-2-9(11)6-16-7-12(18)17-10-3-4-10/h1-2,5,10,16H,3-4,6-7H2,(H2,15,19)(H,17,18). The fourth-order valence-corrected chi connectivity index (χ4v) is 1.66. The molecule has 1 aliphatic carbocycles. The zero-order chi connectivity index (χ0) is 13.8. The zero-order valence-corrected chi connectivity index (χ0v) is 10.4. The average molecular weight is 265 g/mol. The molecule has 19 heavy (non-hydrogen) atoms. The molecule has 0 unspecified atom stereocenters. The van der Waals surface area contributed by atoms with Gasteiger partial charge in [0.2, 0.25) is 11.8 Å². The van der Waals surface area contributed by atoms with Crippen molar-refractivity contribution >= 4 is 11.8 Å². The highest BCUT2D eigenvalue weighted by atomic mass is 19.1. The molecule has 1 aromatic carbocycles. The Labute approximate surface area is 110 Å². The predicted octanol–water partition coefficient (Wildman–Crippen LogP) is 0.293. The van der Waals surface area contributed by atoms with Crippen LogP contribution in [0.4, 0.5) is 4.39 Å². The molecule has 0 aliphatic heterocycles. The van der Waals surface area contributed by atoms with Crippen molar-refractivity contribution in [2.24, 2.45) is 5.73 Å². The van der Waals surface area contributed by atoms with Crippen molar-refractivity contribution < 1.29 is 14.0 Å². The van der Waals surface area contributed by atoms with Crippen molar-refractivity contribution in [3.05, 3.63) is 35.1 Å². The third-order valence-corrected chi connectivity index (χ3v) is 2.88. The summed E-state index contributed by atoms with van der Waals surface area (Å²) in [5.41, 5.74) is 5.58. The van der Waals surface area contributed by atoms with E-state index in [1.165, 1.54) is 12.1 Å². The van der Waals surface area contributed by atoms with Crippen molar-refractivity contribution in [2.75, 3.05) is 6.54 Å². The Balaban J connectivity index is 1.81. The van der Waals surface area contributed by atoms with Crippen LogP contribution in [0.2, 0.25) is 0 Å². The van der Waals surface area contributed by atoms with E-state index in [0.29, 0.717) is 11.6 Å². The van der Waals surface area contributed by atoms with E-state index >= 15 is 0 Å². The normalized spacial score (nSPS) is 14.2. The van der Waals surface area contributed by atoms with Crippen LogP contribution < -0.4 is 16.4 Å². The van der Waals surface area contributed by atoms with Gasteiger partial charge < -0.3 is 16.4 Å². The van der Waals surface area contributed by atoms with E-state index in [1.807, 2.05) is 0 Å². The van der Waals surface area contributed by atoms with Gasteiger partial charge in [0.05, 0.1) is 6.54 Å². The molecular weight excluding hydrogens is 249 g/mol. The molecule has 2 rings (SSSR count). The molecule has 4 N–H and O–H groups in total. The molecule has 1 fully saturated rings.